The molecule has 1 aliphatic rings. The van der Waals surface area contributed by atoms with Gasteiger partial charge in [0.05, 0.1) is 5.56 Å². The van der Waals surface area contributed by atoms with Gasteiger partial charge >= 0.3 is 5.97 Å². The van der Waals surface area contributed by atoms with Crippen LogP contribution in [-0.4, -0.2) is 11.9 Å². The van der Waals surface area contributed by atoms with Crippen LogP contribution >= 0.6 is 0 Å². The Morgan fingerprint density at radius 2 is 1.87 bits per heavy atom. The molecular formula is C18H16FNO3. The fourth-order valence-electron chi connectivity index (χ4n) is 2.14. The maximum atomic E-state index is 13.0. The van der Waals surface area contributed by atoms with E-state index in [-0.39, 0.29) is 24.2 Å². The molecule has 1 N–H and O–H groups in total. The number of benzene rings is 2. The summed E-state index contributed by atoms with van der Waals surface area (Å²) < 4.78 is 18.2. The van der Waals surface area contributed by atoms with Crippen molar-refractivity contribution in [2.45, 2.75) is 19.4 Å². The predicted octanol–water partition coefficient (Wildman–Crippen LogP) is 3.53. The first-order chi connectivity index (χ1) is 11.1. The van der Waals surface area contributed by atoms with Crippen LogP contribution in [0.2, 0.25) is 0 Å². The van der Waals surface area contributed by atoms with E-state index in [9.17, 15) is 14.0 Å². The molecule has 5 heteroatoms. The third kappa shape index (κ3) is 4.16. The average molecular weight is 313 g/mol. The van der Waals surface area contributed by atoms with Crippen LogP contribution in [-0.2, 0) is 16.1 Å². The van der Waals surface area contributed by atoms with E-state index in [4.69, 9.17) is 4.74 Å². The van der Waals surface area contributed by atoms with Crippen molar-refractivity contribution in [1.29, 1.82) is 0 Å². The Morgan fingerprint density at radius 1 is 1.13 bits per heavy atom. The summed E-state index contributed by atoms with van der Waals surface area (Å²) in [5.74, 6) is -0.707. The minimum absolute atomic E-state index is 0.0107. The van der Waals surface area contributed by atoms with Gasteiger partial charge in [-0.15, -0.1) is 0 Å². The van der Waals surface area contributed by atoms with Crippen molar-refractivity contribution in [3.8, 4) is 0 Å². The highest BCUT2D eigenvalue weighted by Crippen LogP contribution is 2.30. The number of esters is 1. The molecule has 2 aromatic rings. The maximum Gasteiger partial charge on any atom is 0.338 e. The number of amides is 1. The van der Waals surface area contributed by atoms with Crippen molar-refractivity contribution in [3.63, 3.8) is 0 Å². The fraction of sp³-hybridized carbons (Fsp3) is 0.222. The van der Waals surface area contributed by atoms with E-state index >= 15 is 0 Å². The predicted molar refractivity (Wildman–Crippen MR) is 83.3 cm³/mol. The molecule has 0 atom stereocenters. The Hall–Kier alpha value is -2.69. The lowest BCUT2D eigenvalue weighted by atomic mass is 10.2. The summed E-state index contributed by atoms with van der Waals surface area (Å²) in [6.07, 6.45) is 1.88. The summed E-state index contributed by atoms with van der Waals surface area (Å²) >= 11 is 0. The minimum Gasteiger partial charge on any atom is -0.457 e. The number of anilines is 1. The molecular weight excluding hydrogens is 297 g/mol. The van der Waals surface area contributed by atoms with Gasteiger partial charge < -0.3 is 10.1 Å². The summed E-state index contributed by atoms with van der Waals surface area (Å²) in [6.45, 7) is 0.0107. The Labute approximate surface area is 133 Å². The standard InChI is InChI=1S/C18H16FNO3/c19-15-3-1-2-12(10-15)11-23-18(22)14-6-8-16(9-7-14)20-17(21)13-4-5-13/h1-3,6-10,13H,4-5,11H2,(H,20,21). The molecule has 0 spiro atoms. The number of hydrogen-bond acceptors (Lipinski definition) is 3. The number of halogens is 1. The van der Waals surface area contributed by atoms with E-state index in [1.54, 1.807) is 36.4 Å². The molecule has 23 heavy (non-hydrogen) atoms. The van der Waals surface area contributed by atoms with Gasteiger partial charge in [0.1, 0.15) is 12.4 Å². The third-order valence-corrected chi connectivity index (χ3v) is 3.60. The van der Waals surface area contributed by atoms with Gasteiger partial charge in [0.15, 0.2) is 0 Å². The SMILES string of the molecule is O=C(OCc1cccc(F)c1)c1ccc(NC(=O)C2CC2)cc1. The van der Waals surface area contributed by atoms with Gasteiger partial charge in [0.25, 0.3) is 0 Å². The normalized spacial score (nSPS) is 13.4. The number of carbonyl (C=O) groups excluding carboxylic acids is 2. The topological polar surface area (TPSA) is 55.4 Å². The highest BCUT2D eigenvalue weighted by molar-refractivity contribution is 5.95. The van der Waals surface area contributed by atoms with E-state index in [2.05, 4.69) is 5.32 Å². The molecule has 1 amide bonds. The molecule has 0 aliphatic heterocycles. The zero-order valence-corrected chi connectivity index (χ0v) is 12.4. The van der Waals surface area contributed by atoms with Crippen molar-refractivity contribution in [1.82, 2.24) is 0 Å². The van der Waals surface area contributed by atoms with Gasteiger partial charge in [0.2, 0.25) is 5.91 Å². The van der Waals surface area contributed by atoms with E-state index in [1.807, 2.05) is 0 Å². The summed E-state index contributed by atoms with van der Waals surface area (Å²) in [5, 5.41) is 2.80. The van der Waals surface area contributed by atoms with Gasteiger partial charge in [0, 0.05) is 11.6 Å². The summed E-state index contributed by atoms with van der Waals surface area (Å²) in [4.78, 5) is 23.6. The molecule has 1 fully saturated rings. The molecule has 0 heterocycles. The lowest BCUT2D eigenvalue weighted by Crippen LogP contribution is -2.13. The molecule has 3 rings (SSSR count). The number of ether oxygens (including phenoxy) is 1. The van der Waals surface area contributed by atoms with Crippen molar-refractivity contribution in [2.75, 3.05) is 5.32 Å². The molecule has 1 aliphatic carbocycles. The zero-order valence-electron chi connectivity index (χ0n) is 12.4. The van der Waals surface area contributed by atoms with Crippen LogP contribution in [0.15, 0.2) is 48.5 Å². The quantitative estimate of drug-likeness (QED) is 0.859. The first kappa shape index (κ1) is 15.2. The van der Waals surface area contributed by atoms with E-state index in [1.165, 1.54) is 12.1 Å². The largest absolute Gasteiger partial charge is 0.457 e. The molecule has 2 aromatic carbocycles. The number of carbonyl (C=O) groups is 2. The van der Waals surface area contributed by atoms with Gasteiger partial charge in [-0.1, -0.05) is 12.1 Å². The van der Waals surface area contributed by atoms with Crippen LogP contribution in [0.1, 0.15) is 28.8 Å². The lowest BCUT2D eigenvalue weighted by molar-refractivity contribution is -0.117. The Kier molecular flexibility index (Phi) is 4.37. The Morgan fingerprint density at radius 3 is 2.52 bits per heavy atom. The minimum atomic E-state index is -0.491. The van der Waals surface area contributed by atoms with Crippen LogP contribution < -0.4 is 5.32 Å². The first-order valence-corrected chi connectivity index (χ1v) is 7.44. The van der Waals surface area contributed by atoms with Gasteiger partial charge in [-0.25, -0.2) is 9.18 Å². The second-order valence-electron chi connectivity index (χ2n) is 5.55. The Balaban J connectivity index is 1.55. The number of nitrogens with one attached hydrogen (secondary N) is 1. The smallest absolute Gasteiger partial charge is 0.338 e. The van der Waals surface area contributed by atoms with Crippen molar-refractivity contribution in [3.05, 3.63) is 65.5 Å². The molecule has 0 unspecified atom stereocenters. The monoisotopic (exact) mass is 313 g/mol. The summed E-state index contributed by atoms with van der Waals surface area (Å²) in [5.41, 5.74) is 1.63. The first-order valence-electron chi connectivity index (χ1n) is 7.44. The van der Waals surface area contributed by atoms with Crippen LogP contribution in [0.25, 0.3) is 0 Å². The molecule has 1 saturated carbocycles. The number of hydrogen-bond donors (Lipinski definition) is 1. The van der Waals surface area contributed by atoms with Crippen LogP contribution in [0.4, 0.5) is 10.1 Å². The molecule has 0 aromatic heterocycles. The molecule has 0 saturated heterocycles. The van der Waals surface area contributed by atoms with Crippen LogP contribution in [0, 0.1) is 11.7 Å². The van der Waals surface area contributed by atoms with Gasteiger partial charge in [-0.05, 0) is 54.8 Å². The van der Waals surface area contributed by atoms with Gasteiger partial charge in [-0.2, -0.15) is 0 Å². The summed E-state index contributed by atoms with van der Waals surface area (Å²) in [6, 6.07) is 12.4. The van der Waals surface area contributed by atoms with Gasteiger partial charge in [-0.3, -0.25) is 4.79 Å². The second kappa shape index (κ2) is 6.60. The third-order valence-electron chi connectivity index (χ3n) is 3.60. The molecule has 118 valence electrons. The van der Waals surface area contributed by atoms with Crippen molar-refractivity contribution in [2.24, 2.45) is 5.92 Å². The molecule has 4 nitrogen and oxygen atoms in total. The Bertz CT molecular complexity index is 723. The van der Waals surface area contributed by atoms with E-state index in [0.717, 1.165) is 12.8 Å². The second-order valence-corrected chi connectivity index (χ2v) is 5.55. The zero-order chi connectivity index (χ0) is 16.2. The maximum absolute atomic E-state index is 13.0. The van der Waals surface area contributed by atoms with Crippen molar-refractivity contribution >= 4 is 17.6 Å². The van der Waals surface area contributed by atoms with E-state index in [0.29, 0.717) is 16.8 Å². The van der Waals surface area contributed by atoms with E-state index < -0.39 is 5.97 Å². The highest BCUT2D eigenvalue weighted by Gasteiger charge is 2.29. The van der Waals surface area contributed by atoms with Crippen LogP contribution in [0.3, 0.4) is 0 Å². The lowest BCUT2D eigenvalue weighted by Gasteiger charge is -2.07. The van der Waals surface area contributed by atoms with Crippen molar-refractivity contribution < 1.29 is 18.7 Å². The molecule has 0 radical (unpaired) electrons. The molecule has 0 bridgehead atoms. The number of rotatable bonds is 5. The summed E-state index contributed by atoms with van der Waals surface area (Å²) in [7, 11) is 0. The average Bonchev–Trinajstić information content (AvgIpc) is 3.38. The highest BCUT2D eigenvalue weighted by atomic mass is 19.1. The van der Waals surface area contributed by atoms with Crippen LogP contribution in [0.5, 0.6) is 0 Å². The fourth-order valence-corrected chi connectivity index (χ4v) is 2.14.